The number of hydrogen-bond donors (Lipinski definition) is 2. The Kier molecular flexibility index (Phi) is 7.68. The van der Waals surface area contributed by atoms with Crippen molar-refractivity contribution < 1.29 is 9.47 Å². The lowest BCUT2D eigenvalue weighted by atomic mass is 10.2. The molecule has 0 aromatic heterocycles. The minimum absolute atomic E-state index is 0.304. The third-order valence-corrected chi connectivity index (χ3v) is 3.91. The number of ether oxygens (including phenoxy) is 2. The van der Waals surface area contributed by atoms with Crippen molar-refractivity contribution in [2.24, 2.45) is 4.99 Å². The Hall–Kier alpha value is -1.95. The van der Waals surface area contributed by atoms with Crippen molar-refractivity contribution in [3.8, 4) is 11.5 Å². The first-order valence-electron chi connectivity index (χ1n) is 8.89. The lowest BCUT2D eigenvalue weighted by molar-refractivity contribution is 0.174. The normalized spacial score (nSPS) is 13.4. The maximum Gasteiger partial charge on any atom is 0.231 e. The molecule has 2 N–H and O–H groups in total. The molecule has 0 saturated heterocycles. The predicted octanol–water partition coefficient (Wildman–Crippen LogP) is 2.20. The van der Waals surface area contributed by atoms with Gasteiger partial charge in [0.2, 0.25) is 6.79 Å². The van der Waals surface area contributed by atoms with Crippen LogP contribution in [0.25, 0.3) is 0 Å². The van der Waals surface area contributed by atoms with Gasteiger partial charge in [-0.3, -0.25) is 0 Å². The van der Waals surface area contributed by atoms with Gasteiger partial charge in [-0.05, 0) is 44.1 Å². The fourth-order valence-electron chi connectivity index (χ4n) is 2.63. The van der Waals surface area contributed by atoms with Gasteiger partial charge in [0.05, 0.1) is 6.54 Å². The van der Waals surface area contributed by atoms with Crippen molar-refractivity contribution in [2.75, 3.05) is 39.5 Å². The fourth-order valence-corrected chi connectivity index (χ4v) is 2.63. The van der Waals surface area contributed by atoms with E-state index in [0.717, 1.165) is 55.7 Å². The number of nitrogens with zero attached hydrogens (tertiary/aromatic N) is 2. The third-order valence-electron chi connectivity index (χ3n) is 3.91. The number of benzene rings is 1. The highest BCUT2D eigenvalue weighted by molar-refractivity contribution is 5.79. The van der Waals surface area contributed by atoms with Crippen LogP contribution in [0.1, 0.15) is 32.8 Å². The zero-order chi connectivity index (χ0) is 17.2. The first kappa shape index (κ1) is 18.4. The zero-order valence-electron chi connectivity index (χ0n) is 15.1. The molecule has 1 aliphatic heterocycles. The van der Waals surface area contributed by atoms with E-state index in [1.807, 2.05) is 18.2 Å². The molecule has 0 bridgehead atoms. The molecule has 0 spiro atoms. The average Bonchev–Trinajstić information content (AvgIpc) is 3.06. The lowest BCUT2D eigenvalue weighted by Gasteiger charge is -2.20. The molecule has 1 aromatic carbocycles. The standard InChI is InChI=1S/C18H30N4O2/c1-4-10-22(6-3)11-9-20-18(19-5-2)21-13-15-7-8-16-17(12-15)24-14-23-16/h7-8,12H,4-6,9-11,13-14H2,1-3H3,(H2,19,20,21). The van der Waals surface area contributed by atoms with Crippen molar-refractivity contribution in [1.29, 1.82) is 0 Å². The van der Waals surface area contributed by atoms with E-state index >= 15 is 0 Å². The van der Waals surface area contributed by atoms with Gasteiger partial charge in [-0.2, -0.15) is 0 Å². The maximum absolute atomic E-state index is 5.41. The molecular formula is C18H30N4O2. The first-order valence-corrected chi connectivity index (χ1v) is 8.89. The van der Waals surface area contributed by atoms with E-state index in [-0.39, 0.29) is 0 Å². The van der Waals surface area contributed by atoms with Crippen LogP contribution >= 0.6 is 0 Å². The van der Waals surface area contributed by atoms with E-state index < -0.39 is 0 Å². The number of likely N-dealkylation sites (N-methyl/N-ethyl adjacent to an activating group) is 1. The summed E-state index contributed by atoms with van der Waals surface area (Å²) in [6, 6.07) is 5.97. The number of fused-ring (bicyclic) bond motifs is 1. The Morgan fingerprint density at radius 3 is 2.71 bits per heavy atom. The molecule has 0 aliphatic carbocycles. The summed E-state index contributed by atoms with van der Waals surface area (Å²) in [6.45, 7) is 12.4. The predicted molar refractivity (Wildman–Crippen MR) is 97.8 cm³/mol. The summed E-state index contributed by atoms with van der Waals surface area (Å²) in [4.78, 5) is 7.10. The van der Waals surface area contributed by atoms with Gasteiger partial charge >= 0.3 is 0 Å². The Bertz CT molecular complexity index is 534. The molecule has 1 heterocycles. The SMILES string of the molecule is CCCN(CC)CCNC(=NCc1ccc2c(c1)OCO2)NCC. The van der Waals surface area contributed by atoms with Crippen molar-refractivity contribution in [3.63, 3.8) is 0 Å². The molecule has 6 nitrogen and oxygen atoms in total. The van der Waals surface area contributed by atoms with Crippen molar-refractivity contribution in [3.05, 3.63) is 23.8 Å². The topological polar surface area (TPSA) is 58.1 Å². The van der Waals surface area contributed by atoms with Crippen LogP contribution < -0.4 is 20.1 Å². The Morgan fingerprint density at radius 2 is 1.96 bits per heavy atom. The second-order valence-corrected chi connectivity index (χ2v) is 5.74. The molecule has 1 aromatic rings. The van der Waals surface area contributed by atoms with E-state index in [0.29, 0.717) is 13.3 Å². The Balaban J connectivity index is 1.86. The molecule has 0 radical (unpaired) electrons. The number of guanidine groups is 1. The molecule has 134 valence electrons. The summed E-state index contributed by atoms with van der Waals surface area (Å²) >= 11 is 0. The Labute approximate surface area is 145 Å². The van der Waals surface area contributed by atoms with E-state index in [9.17, 15) is 0 Å². The minimum atomic E-state index is 0.304. The zero-order valence-corrected chi connectivity index (χ0v) is 15.1. The van der Waals surface area contributed by atoms with Gasteiger partial charge in [0.15, 0.2) is 17.5 Å². The summed E-state index contributed by atoms with van der Waals surface area (Å²) < 4.78 is 10.7. The highest BCUT2D eigenvalue weighted by atomic mass is 16.7. The number of nitrogens with one attached hydrogen (secondary N) is 2. The summed E-state index contributed by atoms with van der Waals surface area (Å²) in [6.07, 6.45) is 1.19. The molecule has 2 rings (SSSR count). The Morgan fingerprint density at radius 1 is 1.12 bits per heavy atom. The monoisotopic (exact) mass is 334 g/mol. The largest absolute Gasteiger partial charge is 0.454 e. The molecule has 0 amide bonds. The molecular weight excluding hydrogens is 304 g/mol. The smallest absolute Gasteiger partial charge is 0.231 e. The number of hydrogen-bond acceptors (Lipinski definition) is 4. The summed E-state index contributed by atoms with van der Waals surface area (Å²) in [5.41, 5.74) is 1.11. The van der Waals surface area contributed by atoms with Crippen LogP contribution in [0, 0.1) is 0 Å². The molecule has 0 fully saturated rings. The molecule has 0 atom stereocenters. The maximum atomic E-state index is 5.41. The summed E-state index contributed by atoms with van der Waals surface area (Å²) in [5.74, 6) is 2.46. The summed E-state index contributed by atoms with van der Waals surface area (Å²) in [5, 5.41) is 6.70. The molecule has 6 heteroatoms. The third kappa shape index (κ3) is 5.60. The van der Waals surface area contributed by atoms with E-state index in [1.54, 1.807) is 0 Å². The van der Waals surface area contributed by atoms with Crippen LogP contribution in [-0.4, -0.2) is 50.4 Å². The quantitative estimate of drug-likeness (QED) is 0.536. The van der Waals surface area contributed by atoms with Gasteiger partial charge in [0, 0.05) is 19.6 Å². The van der Waals surface area contributed by atoms with Crippen LogP contribution in [0.15, 0.2) is 23.2 Å². The second kappa shape index (κ2) is 10.0. The molecule has 1 aliphatic rings. The van der Waals surface area contributed by atoms with Crippen molar-refractivity contribution in [1.82, 2.24) is 15.5 Å². The summed E-state index contributed by atoms with van der Waals surface area (Å²) in [7, 11) is 0. The van der Waals surface area contributed by atoms with Gasteiger partial charge in [-0.1, -0.05) is 19.9 Å². The van der Waals surface area contributed by atoms with E-state index in [2.05, 4.69) is 41.3 Å². The average molecular weight is 334 g/mol. The van der Waals surface area contributed by atoms with Crippen molar-refractivity contribution >= 4 is 5.96 Å². The lowest BCUT2D eigenvalue weighted by Crippen LogP contribution is -2.41. The van der Waals surface area contributed by atoms with Crippen LogP contribution in [0.5, 0.6) is 11.5 Å². The molecule has 0 saturated carbocycles. The number of rotatable bonds is 9. The molecule has 0 unspecified atom stereocenters. The van der Waals surface area contributed by atoms with Gasteiger partial charge in [0.25, 0.3) is 0 Å². The minimum Gasteiger partial charge on any atom is -0.454 e. The highest BCUT2D eigenvalue weighted by Crippen LogP contribution is 2.32. The van der Waals surface area contributed by atoms with Crippen LogP contribution in [0.3, 0.4) is 0 Å². The van der Waals surface area contributed by atoms with Gasteiger partial charge in [0.1, 0.15) is 0 Å². The van der Waals surface area contributed by atoms with Crippen molar-refractivity contribution in [2.45, 2.75) is 33.7 Å². The van der Waals surface area contributed by atoms with Crippen LogP contribution in [0.2, 0.25) is 0 Å². The van der Waals surface area contributed by atoms with E-state index in [1.165, 1.54) is 6.42 Å². The van der Waals surface area contributed by atoms with Crippen LogP contribution in [-0.2, 0) is 6.54 Å². The van der Waals surface area contributed by atoms with Gasteiger partial charge < -0.3 is 25.0 Å². The van der Waals surface area contributed by atoms with Gasteiger partial charge in [-0.25, -0.2) is 4.99 Å². The molecule has 24 heavy (non-hydrogen) atoms. The fraction of sp³-hybridized carbons (Fsp3) is 0.611. The second-order valence-electron chi connectivity index (χ2n) is 5.74. The number of aliphatic imine (C=N–C) groups is 1. The highest BCUT2D eigenvalue weighted by Gasteiger charge is 2.12. The van der Waals surface area contributed by atoms with E-state index in [4.69, 9.17) is 9.47 Å². The first-order chi connectivity index (χ1) is 11.8. The van der Waals surface area contributed by atoms with Gasteiger partial charge in [-0.15, -0.1) is 0 Å². The van der Waals surface area contributed by atoms with Crippen LogP contribution in [0.4, 0.5) is 0 Å².